The Labute approximate surface area is 371 Å². The van der Waals surface area contributed by atoms with Gasteiger partial charge in [0.2, 0.25) is 0 Å². The molecular formula is C52H61ClN6O3. The van der Waals surface area contributed by atoms with Crippen LogP contribution in [0.25, 0.3) is 22.3 Å². The molecule has 0 aliphatic heterocycles. The molecule has 0 fully saturated rings. The van der Waals surface area contributed by atoms with Crippen LogP contribution in [-0.4, -0.2) is 45.4 Å². The van der Waals surface area contributed by atoms with Gasteiger partial charge in [-0.05, 0) is 112 Å². The van der Waals surface area contributed by atoms with E-state index in [0.29, 0.717) is 45.3 Å². The van der Waals surface area contributed by atoms with Gasteiger partial charge in [0.15, 0.2) is 11.5 Å². The number of carbonyl (C=O) groups is 1. The lowest BCUT2D eigenvalue weighted by Gasteiger charge is -2.29. The van der Waals surface area contributed by atoms with Crippen LogP contribution in [0, 0.1) is 0 Å². The van der Waals surface area contributed by atoms with Crippen LogP contribution in [0.2, 0.25) is 5.02 Å². The van der Waals surface area contributed by atoms with E-state index >= 15 is 4.79 Å². The molecule has 0 radical (unpaired) electrons. The third-order valence-corrected chi connectivity index (χ3v) is 12.2. The van der Waals surface area contributed by atoms with Gasteiger partial charge in [-0.25, -0.2) is 9.98 Å². The van der Waals surface area contributed by atoms with Crippen LogP contribution < -0.4 is 20.5 Å². The minimum atomic E-state index is -0.535. The predicted octanol–water partition coefficient (Wildman–Crippen LogP) is 12.6. The Hall–Kier alpha value is -5.67. The number of nitrogens with one attached hydrogen (secondary N) is 1. The fourth-order valence-corrected chi connectivity index (χ4v) is 8.77. The van der Waals surface area contributed by atoms with Crippen LogP contribution in [0.4, 0.5) is 17.1 Å². The first-order chi connectivity index (χ1) is 30.4. The Morgan fingerprint density at radius 3 is 2.10 bits per heavy atom. The molecule has 2 heterocycles. The Bertz CT molecular complexity index is 2510. The summed E-state index contributed by atoms with van der Waals surface area (Å²) in [5, 5.41) is 3.99. The molecule has 2 aromatic heterocycles. The summed E-state index contributed by atoms with van der Waals surface area (Å²) in [6.45, 7) is 8.89. The zero-order valence-corrected chi connectivity index (χ0v) is 37.4. The van der Waals surface area contributed by atoms with Crippen molar-refractivity contribution in [3.63, 3.8) is 0 Å². The number of hydrogen-bond donors (Lipinski definition) is 1. The number of amides is 1. The van der Waals surface area contributed by atoms with Gasteiger partial charge in [0.25, 0.3) is 11.5 Å². The highest BCUT2D eigenvalue weighted by molar-refractivity contribution is 6.49. The van der Waals surface area contributed by atoms with Crippen molar-refractivity contribution in [3.8, 4) is 17.1 Å². The van der Waals surface area contributed by atoms with Gasteiger partial charge < -0.3 is 19.5 Å². The summed E-state index contributed by atoms with van der Waals surface area (Å²) in [5.74, 6) is 0.110. The van der Waals surface area contributed by atoms with Crippen LogP contribution in [0.5, 0.6) is 5.75 Å². The predicted molar refractivity (Wildman–Crippen MR) is 257 cm³/mol. The number of halogens is 1. The highest BCUT2D eigenvalue weighted by atomic mass is 35.5. The molecule has 4 aromatic carbocycles. The fourth-order valence-electron chi connectivity index (χ4n) is 8.60. The molecule has 0 spiro atoms. The summed E-state index contributed by atoms with van der Waals surface area (Å²) >= 11 is 6.59. The van der Waals surface area contributed by atoms with Crippen molar-refractivity contribution in [1.29, 1.82) is 0 Å². The lowest BCUT2D eigenvalue weighted by Crippen LogP contribution is -2.33. The SMILES string of the molecule is CCCCCCCCCCCCOc1ccc(Cl)cc1NC(=O)/C(=N\c1ccc(N(CC)CC)c2c1CCCC2)c1nc2cn(-c3ccccc3)cc2c(=O)n1-c1ccccc1. The van der Waals surface area contributed by atoms with E-state index in [2.05, 4.69) is 37.1 Å². The second-order valence-corrected chi connectivity index (χ2v) is 16.7. The van der Waals surface area contributed by atoms with Crippen LogP contribution >= 0.6 is 11.6 Å². The number of unbranched alkanes of at least 4 members (excludes halogenated alkanes) is 9. The quantitative estimate of drug-likeness (QED) is 0.0575. The number of ether oxygens (including phenoxy) is 1. The van der Waals surface area contributed by atoms with E-state index in [-0.39, 0.29) is 17.1 Å². The molecule has 10 heteroatoms. The minimum Gasteiger partial charge on any atom is -0.491 e. The van der Waals surface area contributed by atoms with Gasteiger partial charge in [0.05, 0.1) is 34.6 Å². The maximum atomic E-state index is 15.1. The lowest BCUT2D eigenvalue weighted by atomic mass is 9.88. The Morgan fingerprint density at radius 1 is 0.774 bits per heavy atom. The smallest absolute Gasteiger partial charge is 0.278 e. The Balaban J connectivity index is 1.28. The summed E-state index contributed by atoms with van der Waals surface area (Å²) in [6, 6.07) is 28.5. The number of aromatic nitrogens is 3. The van der Waals surface area contributed by atoms with Gasteiger partial charge in [-0.2, -0.15) is 0 Å². The van der Waals surface area contributed by atoms with Crippen LogP contribution in [0.3, 0.4) is 0 Å². The Kier molecular flexibility index (Phi) is 15.7. The molecule has 1 aliphatic rings. The number of hydrogen-bond acceptors (Lipinski definition) is 6. The standard InChI is InChI=1S/C52H61ClN6O3/c1-4-7-8-9-10-11-12-13-14-23-34-62-48-33-30-38(53)35-45(48)56-51(60)49(54-44-31-32-47(57(5-2)6-3)42-29-22-21-28-41(42)44)50-55-46-37-58(39-24-17-15-18-25-39)36-43(46)52(61)59(50)40-26-19-16-20-27-40/h15-20,24-27,30-33,35-37H,4-14,21-23,28-29,34H2,1-3H3,(H,56,60)/b54-49-. The molecule has 9 nitrogen and oxygen atoms in total. The molecule has 6 aromatic rings. The first-order valence-corrected chi connectivity index (χ1v) is 23.3. The van der Waals surface area contributed by atoms with Crippen LogP contribution in [-0.2, 0) is 17.6 Å². The number of fused-ring (bicyclic) bond motifs is 2. The van der Waals surface area contributed by atoms with Crippen LogP contribution in [0.1, 0.15) is 115 Å². The molecule has 1 aliphatic carbocycles. The van der Waals surface area contributed by atoms with Crippen molar-refractivity contribution in [2.75, 3.05) is 29.9 Å². The number of para-hydroxylation sites is 2. The van der Waals surface area contributed by atoms with Crippen molar-refractivity contribution >= 4 is 51.2 Å². The molecule has 324 valence electrons. The second-order valence-electron chi connectivity index (χ2n) is 16.2. The largest absolute Gasteiger partial charge is 0.491 e. The lowest BCUT2D eigenvalue weighted by molar-refractivity contribution is -0.110. The molecule has 0 saturated carbocycles. The van der Waals surface area contributed by atoms with Crippen molar-refractivity contribution in [2.45, 2.75) is 111 Å². The van der Waals surface area contributed by atoms with Crippen molar-refractivity contribution in [3.05, 3.63) is 136 Å². The maximum Gasteiger partial charge on any atom is 0.278 e. The fraction of sp³-hybridized carbons (Fsp3) is 0.385. The molecule has 0 atom stereocenters. The van der Waals surface area contributed by atoms with E-state index in [0.717, 1.165) is 62.9 Å². The van der Waals surface area contributed by atoms with Crippen molar-refractivity contribution in [1.82, 2.24) is 14.1 Å². The summed E-state index contributed by atoms with van der Waals surface area (Å²) in [5.41, 5.74) is 6.31. The monoisotopic (exact) mass is 852 g/mol. The molecule has 0 unspecified atom stereocenters. The van der Waals surface area contributed by atoms with E-state index in [9.17, 15) is 4.79 Å². The zero-order chi connectivity index (χ0) is 43.3. The third-order valence-electron chi connectivity index (χ3n) is 11.9. The normalized spacial score (nSPS) is 12.7. The molecule has 1 N–H and O–H groups in total. The first-order valence-electron chi connectivity index (χ1n) is 22.9. The van der Waals surface area contributed by atoms with Gasteiger partial charge in [-0.3, -0.25) is 14.2 Å². The topological polar surface area (TPSA) is 93.8 Å². The number of benzene rings is 4. The average Bonchev–Trinajstić information content (AvgIpc) is 3.74. The first kappa shape index (κ1) is 44.4. The highest BCUT2D eigenvalue weighted by Crippen LogP contribution is 2.38. The molecule has 7 rings (SSSR count). The summed E-state index contributed by atoms with van der Waals surface area (Å²) in [4.78, 5) is 42.7. The number of aliphatic imine (C=N–C) groups is 1. The van der Waals surface area contributed by atoms with Gasteiger partial charge >= 0.3 is 0 Å². The molecule has 0 saturated heterocycles. The summed E-state index contributed by atoms with van der Waals surface area (Å²) < 4.78 is 9.72. The number of anilines is 2. The van der Waals surface area contributed by atoms with Gasteiger partial charge in [0, 0.05) is 41.9 Å². The Morgan fingerprint density at radius 2 is 1.42 bits per heavy atom. The van der Waals surface area contributed by atoms with E-state index in [4.69, 9.17) is 26.3 Å². The van der Waals surface area contributed by atoms with Gasteiger partial charge in [-0.1, -0.05) is 113 Å². The van der Waals surface area contributed by atoms with Gasteiger partial charge in [0.1, 0.15) is 5.75 Å². The third kappa shape index (κ3) is 10.7. The van der Waals surface area contributed by atoms with E-state index in [1.54, 1.807) is 24.4 Å². The number of rotatable bonds is 21. The van der Waals surface area contributed by atoms with E-state index in [1.165, 1.54) is 67.2 Å². The summed E-state index contributed by atoms with van der Waals surface area (Å²) in [7, 11) is 0. The average molecular weight is 854 g/mol. The minimum absolute atomic E-state index is 0.00398. The van der Waals surface area contributed by atoms with Crippen LogP contribution in [0.15, 0.2) is 113 Å². The number of carbonyl (C=O) groups excluding carboxylic acids is 1. The van der Waals surface area contributed by atoms with E-state index in [1.807, 2.05) is 77.5 Å². The highest BCUT2D eigenvalue weighted by Gasteiger charge is 2.27. The van der Waals surface area contributed by atoms with Crippen molar-refractivity contribution < 1.29 is 9.53 Å². The molecule has 1 amide bonds. The van der Waals surface area contributed by atoms with Crippen molar-refractivity contribution in [2.24, 2.45) is 4.99 Å². The zero-order valence-electron chi connectivity index (χ0n) is 36.7. The maximum absolute atomic E-state index is 15.1. The molecule has 62 heavy (non-hydrogen) atoms. The van der Waals surface area contributed by atoms with Gasteiger partial charge in [-0.15, -0.1) is 0 Å². The molecule has 0 bridgehead atoms. The van der Waals surface area contributed by atoms with E-state index < -0.39 is 5.91 Å². The second kappa shape index (κ2) is 21.9. The summed E-state index contributed by atoms with van der Waals surface area (Å²) in [6.07, 6.45) is 19.8. The molecular weight excluding hydrogens is 792 g/mol. The number of nitrogens with zero attached hydrogens (tertiary/aromatic N) is 5.